The number of carbonyl (C=O) groups excluding carboxylic acids is 2. The Bertz CT molecular complexity index is 991. The number of nitrogens with one attached hydrogen (secondary N) is 1. The molecule has 6 nitrogen and oxygen atoms in total. The fourth-order valence-electron chi connectivity index (χ4n) is 3.14. The van der Waals surface area contributed by atoms with Crippen LogP contribution in [0.3, 0.4) is 0 Å². The van der Waals surface area contributed by atoms with E-state index in [-0.39, 0.29) is 18.8 Å². The monoisotopic (exact) mass is 404 g/mol. The van der Waals surface area contributed by atoms with Crippen molar-refractivity contribution in [2.24, 2.45) is 5.73 Å². The van der Waals surface area contributed by atoms with E-state index in [1.54, 1.807) is 18.2 Å². The molecule has 0 aliphatic carbocycles. The molecular formula is C24H24N2O4. The second-order valence-corrected chi connectivity index (χ2v) is 6.98. The van der Waals surface area contributed by atoms with E-state index in [2.05, 4.69) is 5.32 Å². The summed E-state index contributed by atoms with van der Waals surface area (Å²) < 4.78 is 5.19. The number of hydrogen-bond donors (Lipinski definition) is 3. The van der Waals surface area contributed by atoms with Crippen LogP contribution in [0.4, 0.5) is 4.79 Å². The lowest BCUT2D eigenvalue weighted by molar-refractivity contribution is -0.119. The quantitative estimate of drug-likeness (QED) is 0.536. The number of rotatable bonds is 8. The summed E-state index contributed by atoms with van der Waals surface area (Å²) >= 11 is 0. The zero-order valence-corrected chi connectivity index (χ0v) is 16.5. The lowest BCUT2D eigenvalue weighted by Gasteiger charge is -2.18. The molecule has 3 aromatic rings. The second kappa shape index (κ2) is 10.1. The van der Waals surface area contributed by atoms with Gasteiger partial charge in [0.2, 0.25) is 5.91 Å². The fraction of sp³-hybridized carbons (Fsp3) is 0.167. The highest BCUT2D eigenvalue weighted by Crippen LogP contribution is 2.21. The average molecular weight is 404 g/mol. The highest BCUT2D eigenvalue weighted by Gasteiger charge is 2.21. The van der Waals surface area contributed by atoms with Crippen LogP contribution in [-0.2, 0) is 29.0 Å². The molecule has 0 heterocycles. The molecule has 0 unspecified atom stereocenters. The summed E-state index contributed by atoms with van der Waals surface area (Å²) in [5.74, 6) is -0.527. The molecule has 154 valence electrons. The Balaban J connectivity index is 1.68. The molecule has 0 aromatic heterocycles. The van der Waals surface area contributed by atoms with E-state index in [0.29, 0.717) is 6.42 Å². The van der Waals surface area contributed by atoms with E-state index in [4.69, 9.17) is 10.5 Å². The van der Waals surface area contributed by atoms with Crippen LogP contribution in [0.5, 0.6) is 5.75 Å². The molecule has 0 fully saturated rings. The van der Waals surface area contributed by atoms with Gasteiger partial charge in [-0.15, -0.1) is 0 Å². The summed E-state index contributed by atoms with van der Waals surface area (Å²) in [5.41, 5.74) is 9.08. The van der Waals surface area contributed by atoms with Gasteiger partial charge in [-0.1, -0.05) is 66.7 Å². The Kier molecular flexibility index (Phi) is 7.05. The minimum atomic E-state index is -0.938. The van der Waals surface area contributed by atoms with Crippen LogP contribution >= 0.6 is 0 Å². The Labute approximate surface area is 175 Å². The molecule has 0 aliphatic rings. The molecule has 3 aromatic carbocycles. The maximum Gasteiger partial charge on any atom is 0.408 e. The first-order valence-corrected chi connectivity index (χ1v) is 9.62. The topological polar surface area (TPSA) is 102 Å². The lowest BCUT2D eigenvalue weighted by Crippen LogP contribution is -2.46. The molecule has 0 radical (unpaired) electrons. The zero-order valence-electron chi connectivity index (χ0n) is 16.5. The van der Waals surface area contributed by atoms with Crippen molar-refractivity contribution in [3.05, 3.63) is 101 Å². The standard InChI is InChI=1S/C24H24N2O4/c25-23(28)22(26-24(29)30-16-18-9-5-2-6-10-18)15-19-11-12-21(27)14-20(19)13-17-7-3-1-4-8-17/h1-12,14,22,27H,13,15-16H2,(H2,25,28)(H,26,29)/t22-/m0/s1. The second-order valence-electron chi connectivity index (χ2n) is 6.98. The molecule has 1 atom stereocenters. The number of phenolic OH excluding ortho intramolecular Hbond substituents is 1. The van der Waals surface area contributed by atoms with E-state index in [0.717, 1.165) is 22.3 Å². The summed E-state index contributed by atoms with van der Waals surface area (Å²) in [4.78, 5) is 24.1. The first-order chi connectivity index (χ1) is 14.5. The summed E-state index contributed by atoms with van der Waals surface area (Å²) in [6.45, 7) is 0.0939. The first-order valence-electron chi connectivity index (χ1n) is 9.62. The van der Waals surface area contributed by atoms with Gasteiger partial charge in [0.15, 0.2) is 0 Å². The predicted octanol–water partition coefficient (Wildman–Crippen LogP) is 3.31. The average Bonchev–Trinajstić information content (AvgIpc) is 2.75. The van der Waals surface area contributed by atoms with Gasteiger partial charge in [0.25, 0.3) is 0 Å². The number of hydrogen-bond acceptors (Lipinski definition) is 4. The molecule has 0 bridgehead atoms. The lowest BCUT2D eigenvalue weighted by atomic mass is 9.95. The number of carbonyl (C=O) groups is 2. The highest BCUT2D eigenvalue weighted by atomic mass is 16.5. The van der Waals surface area contributed by atoms with Crippen molar-refractivity contribution < 1.29 is 19.4 Å². The predicted molar refractivity (Wildman–Crippen MR) is 114 cm³/mol. The molecule has 4 N–H and O–H groups in total. The van der Waals surface area contributed by atoms with E-state index in [1.165, 1.54) is 0 Å². The van der Waals surface area contributed by atoms with Crippen LogP contribution < -0.4 is 11.1 Å². The third-order valence-corrected chi connectivity index (χ3v) is 4.70. The number of amides is 2. The summed E-state index contributed by atoms with van der Waals surface area (Å²) in [6, 6.07) is 23.0. The van der Waals surface area contributed by atoms with Crippen LogP contribution in [0.25, 0.3) is 0 Å². The highest BCUT2D eigenvalue weighted by molar-refractivity contribution is 5.84. The number of primary amides is 1. The van der Waals surface area contributed by atoms with Gasteiger partial charge in [-0.05, 0) is 40.8 Å². The van der Waals surface area contributed by atoms with Crippen LogP contribution in [0.1, 0.15) is 22.3 Å². The fourth-order valence-corrected chi connectivity index (χ4v) is 3.14. The molecule has 2 amide bonds. The number of nitrogens with two attached hydrogens (primary N) is 1. The van der Waals surface area contributed by atoms with E-state index >= 15 is 0 Å². The Morgan fingerprint density at radius 1 is 0.900 bits per heavy atom. The van der Waals surface area contributed by atoms with E-state index in [1.807, 2.05) is 60.7 Å². The SMILES string of the molecule is NC(=O)[C@H](Cc1ccc(O)cc1Cc1ccccc1)NC(=O)OCc1ccccc1. The van der Waals surface area contributed by atoms with Crippen molar-refractivity contribution in [2.75, 3.05) is 0 Å². The van der Waals surface area contributed by atoms with E-state index in [9.17, 15) is 14.7 Å². The minimum absolute atomic E-state index is 0.0939. The number of aromatic hydroxyl groups is 1. The van der Waals surface area contributed by atoms with Crippen molar-refractivity contribution >= 4 is 12.0 Å². The van der Waals surface area contributed by atoms with Gasteiger partial charge in [0, 0.05) is 6.42 Å². The minimum Gasteiger partial charge on any atom is -0.508 e. The van der Waals surface area contributed by atoms with Gasteiger partial charge in [0.05, 0.1) is 0 Å². The first kappa shape index (κ1) is 20.9. The number of phenols is 1. The van der Waals surface area contributed by atoms with Gasteiger partial charge in [0.1, 0.15) is 18.4 Å². The van der Waals surface area contributed by atoms with Crippen molar-refractivity contribution in [1.82, 2.24) is 5.32 Å². The molecular weight excluding hydrogens is 380 g/mol. The molecule has 0 saturated heterocycles. The Morgan fingerprint density at radius 2 is 1.53 bits per heavy atom. The van der Waals surface area contributed by atoms with Crippen LogP contribution in [-0.4, -0.2) is 23.1 Å². The smallest absolute Gasteiger partial charge is 0.408 e. The summed E-state index contributed by atoms with van der Waals surface area (Å²) in [6.07, 6.45) is 0.0539. The zero-order chi connectivity index (χ0) is 21.3. The number of ether oxygens (including phenoxy) is 1. The van der Waals surface area contributed by atoms with Crippen molar-refractivity contribution in [1.29, 1.82) is 0 Å². The summed E-state index contributed by atoms with van der Waals surface area (Å²) in [5, 5.41) is 12.4. The van der Waals surface area contributed by atoms with Crippen molar-refractivity contribution in [2.45, 2.75) is 25.5 Å². The van der Waals surface area contributed by atoms with Crippen molar-refractivity contribution in [3.8, 4) is 5.75 Å². The third kappa shape index (κ3) is 6.10. The molecule has 30 heavy (non-hydrogen) atoms. The van der Waals surface area contributed by atoms with Crippen LogP contribution in [0.15, 0.2) is 78.9 Å². The van der Waals surface area contributed by atoms with Crippen LogP contribution in [0.2, 0.25) is 0 Å². The largest absolute Gasteiger partial charge is 0.508 e. The number of benzene rings is 3. The van der Waals surface area contributed by atoms with Crippen LogP contribution in [0, 0.1) is 0 Å². The summed E-state index contributed by atoms with van der Waals surface area (Å²) in [7, 11) is 0. The maximum absolute atomic E-state index is 12.2. The molecule has 0 spiro atoms. The van der Waals surface area contributed by atoms with Gasteiger partial charge >= 0.3 is 6.09 Å². The van der Waals surface area contributed by atoms with Gasteiger partial charge in [-0.25, -0.2) is 4.79 Å². The van der Waals surface area contributed by atoms with Gasteiger partial charge in [-0.2, -0.15) is 0 Å². The third-order valence-electron chi connectivity index (χ3n) is 4.70. The maximum atomic E-state index is 12.2. The molecule has 0 aliphatic heterocycles. The molecule has 3 rings (SSSR count). The van der Waals surface area contributed by atoms with E-state index < -0.39 is 18.0 Å². The Hall–Kier alpha value is -3.80. The molecule has 0 saturated carbocycles. The molecule has 6 heteroatoms. The number of alkyl carbamates (subject to hydrolysis) is 1. The van der Waals surface area contributed by atoms with Crippen molar-refractivity contribution in [3.63, 3.8) is 0 Å². The van der Waals surface area contributed by atoms with Gasteiger partial charge in [-0.3, -0.25) is 4.79 Å². The normalized spacial score (nSPS) is 11.5. The Morgan fingerprint density at radius 3 is 2.17 bits per heavy atom. The van der Waals surface area contributed by atoms with Gasteiger partial charge < -0.3 is 20.9 Å².